The van der Waals surface area contributed by atoms with Crippen LogP contribution < -0.4 is 0 Å². The number of morpholine rings is 1. The molecule has 1 N–H and O–H groups in total. The van der Waals surface area contributed by atoms with Crippen LogP contribution in [0.4, 0.5) is 0 Å². The Morgan fingerprint density at radius 3 is 2.62 bits per heavy atom. The Bertz CT molecular complexity index is 173. The number of hydrogen-bond donors (Lipinski definition) is 1. The molecule has 1 unspecified atom stereocenters. The third-order valence-electron chi connectivity index (χ3n) is 2.54. The first-order chi connectivity index (χ1) is 7.80. The van der Waals surface area contributed by atoms with Crippen molar-refractivity contribution in [2.45, 2.75) is 26.2 Å². The SMILES string of the molecule is CCOC(CN1CCOC(CO)C1)OCC. The molecule has 5 heteroatoms. The van der Waals surface area contributed by atoms with E-state index in [1.807, 2.05) is 13.8 Å². The summed E-state index contributed by atoms with van der Waals surface area (Å²) < 4.78 is 16.4. The van der Waals surface area contributed by atoms with Gasteiger partial charge in [-0.05, 0) is 13.8 Å². The molecule has 5 nitrogen and oxygen atoms in total. The smallest absolute Gasteiger partial charge is 0.170 e. The van der Waals surface area contributed by atoms with Crippen LogP contribution in [-0.2, 0) is 14.2 Å². The fourth-order valence-corrected chi connectivity index (χ4v) is 1.79. The highest BCUT2D eigenvalue weighted by Crippen LogP contribution is 2.07. The van der Waals surface area contributed by atoms with Crippen LogP contribution in [-0.4, -0.2) is 68.5 Å². The van der Waals surface area contributed by atoms with Gasteiger partial charge < -0.3 is 19.3 Å². The van der Waals surface area contributed by atoms with Crippen LogP contribution in [0, 0.1) is 0 Å². The minimum Gasteiger partial charge on any atom is -0.394 e. The summed E-state index contributed by atoms with van der Waals surface area (Å²) in [4.78, 5) is 2.21. The highest BCUT2D eigenvalue weighted by Gasteiger charge is 2.22. The zero-order valence-electron chi connectivity index (χ0n) is 10.2. The molecule has 1 rings (SSSR count). The maximum Gasteiger partial charge on any atom is 0.170 e. The number of aliphatic hydroxyl groups is 1. The van der Waals surface area contributed by atoms with Crippen LogP contribution in [0.25, 0.3) is 0 Å². The van der Waals surface area contributed by atoms with E-state index in [0.29, 0.717) is 19.8 Å². The summed E-state index contributed by atoms with van der Waals surface area (Å²) in [6.45, 7) is 8.31. The van der Waals surface area contributed by atoms with Crippen LogP contribution in [0.2, 0.25) is 0 Å². The predicted octanol–water partition coefficient (Wildman–Crippen LogP) is 0.0786. The molecule has 0 aromatic heterocycles. The van der Waals surface area contributed by atoms with Gasteiger partial charge in [0.2, 0.25) is 0 Å². The lowest BCUT2D eigenvalue weighted by atomic mass is 10.3. The summed E-state index contributed by atoms with van der Waals surface area (Å²) in [6.07, 6.45) is -0.245. The maximum atomic E-state index is 9.04. The van der Waals surface area contributed by atoms with Crippen molar-refractivity contribution in [3.8, 4) is 0 Å². The molecule has 0 radical (unpaired) electrons. The van der Waals surface area contributed by atoms with Gasteiger partial charge in [0, 0.05) is 32.8 Å². The molecule has 0 amide bonds. The Labute approximate surface area is 97.3 Å². The van der Waals surface area contributed by atoms with Crippen LogP contribution >= 0.6 is 0 Å². The quantitative estimate of drug-likeness (QED) is 0.631. The van der Waals surface area contributed by atoms with Gasteiger partial charge in [-0.2, -0.15) is 0 Å². The minimum atomic E-state index is -0.174. The van der Waals surface area contributed by atoms with Crippen molar-refractivity contribution in [3.63, 3.8) is 0 Å². The van der Waals surface area contributed by atoms with E-state index in [9.17, 15) is 0 Å². The van der Waals surface area contributed by atoms with E-state index in [2.05, 4.69) is 4.90 Å². The second kappa shape index (κ2) is 7.97. The van der Waals surface area contributed by atoms with Crippen molar-refractivity contribution in [3.05, 3.63) is 0 Å². The monoisotopic (exact) mass is 233 g/mol. The topological polar surface area (TPSA) is 51.2 Å². The van der Waals surface area contributed by atoms with Crippen molar-refractivity contribution >= 4 is 0 Å². The van der Waals surface area contributed by atoms with E-state index in [1.54, 1.807) is 0 Å². The van der Waals surface area contributed by atoms with E-state index in [0.717, 1.165) is 19.6 Å². The van der Waals surface area contributed by atoms with Crippen LogP contribution in [0.5, 0.6) is 0 Å². The molecule has 1 aliphatic heterocycles. The minimum absolute atomic E-state index is 0.0716. The Morgan fingerprint density at radius 1 is 1.38 bits per heavy atom. The number of aliphatic hydroxyl groups excluding tert-OH is 1. The van der Waals surface area contributed by atoms with Gasteiger partial charge in [0.15, 0.2) is 6.29 Å². The van der Waals surface area contributed by atoms with Crippen molar-refractivity contribution in [2.24, 2.45) is 0 Å². The largest absolute Gasteiger partial charge is 0.394 e. The lowest BCUT2D eigenvalue weighted by molar-refractivity contribution is -0.158. The first kappa shape index (κ1) is 13.9. The van der Waals surface area contributed by atoms with E-state index in [4.69, 9.17) is 19.3 Å². The molecular weight excluding hydrogens is 210 g/mol. The van der Waals surface area contributed by atoms with Crippen LogP contribution in [0.15, 0.2) is 0 Å². The van der Waals surface area contributed by atoms with Gasteiger partial charge in [-0.3, -0.25) is 4.90 Å². The molecule has 0 aromatic carbocycles. The van der Waals surface area contributed by atoms with Crippen molar-refractivity contribution in [1.82, 2.24) is 4.90 Å². The fourth-order valence-electron chi connectivity index (χ4n) is 1.79. The van der Waals surface area contributed by atoms with Crippen molar-refractivity contribution in [1.29, 1.82) is 0 Å². The molecule has 96 valence electrons. The second-order valence-corrected chi connectivity index (χ2v) is 3.78. The Kier molecular flexibility index (Phi) is 6.91. The number of hydrogen-bond acceptors (Lipinski definition) is 5. The molecule has 0 saturated carbocycles. The summed E-state index contributed by atoms with van der Waals surface area (Å²) in [5.74, 6) is 0. The van der Waals surface area contributed by atoms with Crippen LogP contribution in [0.3, 0.4) is 0 Å². The molecule has 1 aliphatic rings. The summed E-state index contributed by atoms with van der Waals surface area (Å²) in [5.41, 5.74) is 0. The van der Waals surface area contributed by atoms with E-state index >= 15 is 0 Å². The lowest BCUT2D eigenvalue weighted by Gasteiger charge is -2.33. The maximum absolute atomic E-state index is 9.04. The lowest BCUT2D eigenvalue weighted by Crippen LogP contribution is -2.47. The summed E-state index contributed by atoms with van der Waals surface area (Å²) in [6, 6.07) is 0. The van der Waals surface area contributed by atoms with Gasteiger partial charge in [-0.15, -0.1) is 0 Å². The van der Waals surface area contributed by atoms with Crippen molar-refractivity contribution in [2.75, 3.05) is 46.1 Å². The van der Waals surface area contributed by atoms with Gasteiger partial charge in [0.25, 0.3) is 0 Å². The van der Waals surface area contributed by atoms with E-state index < -0.39 is 0 Å². The van der Waals surface area contributed by atoms with Gasteiger partial charge in [0.05, 0.1) is 19.3 Å². The standard InChI is InChI=1S/C11H23NO4/c1-3-14-11(15-4-2)8-12-5-6-16-10(7-12)9-13/h10-11,13H,3-9H2,1-2H3. The summed E-state index contributed by atoms with van der Waals surface area (Å²) in [7, 11) is 0. The third kappa shape index (κ3) is 4.76. The molecule has 1 heterocycles. The predicted molar refractivity (Wildman–Crippen MR) is 60.3 cm³/mol. The summed E-state index contributed by atoms with van der Waals surface area (Å²) >= 11 is 0. The number of ether oxygens (including phenoxy) is 3. The zero-order chi connectivity index (χ0) is 11.8. The van der Waals surface area contributed by atoms with Gasteiger partial charge >= 0.3 is 0 Å². The molecule has 0 aromatic rings. The zero-order valence-corrected chi connectivity index (χ0v) is 10.2. The number of nitrogens with zero attached hydrogens (tertiary/aromatic N) is 1. The molecule has 0 aliphatic carbocycles. The highest BCUT2D eigenvalue weighted by atomic mass is 16.7. The normalized spacial score (nSPS) is 22.9. The Balaban J connectivity index is 2.31. The van der Waals surface area contributed by atoms with Crippen molar-refractivity contribution < 1.29 is 19.3 Å². The summed E-state index contributed by atoms with van der Waals surface area (Å²) in [5, 5.41) is 9.04. The highest BCUT2D eigenvalue weighted by molar-refractivity contribution is 4.71. The van der Waals surface area contributed by atoms with E-state index in [1.165, 1.54) is 0 Å². The average molecular weight is 233 g/mol. The van der Waals surface area contributed by atoms with Crippen LogP contribution in [0.1, 0.15) is 13.8 Å². The first-order valence-corrected chi connectivity index (χ1v) is 5.98. The molecule has 16 heavy (non-hydrogen) atoms. The molecule has 1 fully saturated rings. The van der Waals surface area contributed by atoms with E-state index in [-0.39, 0.29) is 19.0 Å². The van der Waals surface area contributed by atoms with Gasteiger partial charge in [-0.25, -0.2) is 0 Å². The van der Waals surface area contributed by atoms with Gasteiger partial charge in [0.1, 0.15) is 0 Å². The molecule has 1 saturated heterocycles. The third-order valence-corrected chi connectivity index (χ3v) is 2.54. The molecule has 0 spiro atoms. The second-order valence-electron chi connectivity index (χ2n) is 3.78. The first-order valence-electron chi connectivity index (χ1n) is 5.98. The average Bonchev–Trinajstić information content (AvgIpc) is 2.30. The molecular formula is C11H23NO4. The molecule has 1 atom stereocenters. The Morgan fingerprint density at radius 2 is 2.06 bits per heavy atom. The fraction of sp³-hybridized carbons (Fsp3) is 1.00. The number of rotatable bonds is 7. The van der Waals surface area contributed by atoms with Gasteiger partial charge in [-0.1, -0.05) is 0 Å². The molecule has 0 bridgehead atoms. The Hall–Kier alpha value is -0.200.